The minimum atomic E-state index is -1.03. The number of aliphatic hydroxyl groups excluding tert-OH is 1. The van der Waals surface area contributed by atoms with Crippen LogP contribution in [-0.2, 0) is 11.2 Å². The molecule has 8 heteroatoms. The van der Waals surface area contributed by atoms with Gasteiger partial charge < -0.3 is 10.0 Å². The number of hydrogen-bond acceptors (Lipinski definition) is 5. The van der Waals surface area contributed by atoms with Crippen molar-refractivity contribution in [3.8, 4) is 22.5 Å². The molecule has 0 aliphatic carbocycles. The zero-order chi connectivity index (χ0) is 24.2. The summed E-state index contributed by atoms with van der Waals surface area (Å²) in [6.07, 6.45) is 4.08. The van der Waals surface area contributed by atoms with E-state index in [0.717, 1.165) is 46.6 Å². The van der Waals surface area contributed by atoms with Crippen LogP contribution >= 0.6 is 11.6 Å². The Bertz CT molecular complexity index is 1270. The van der Waals surface area contributed by atoms with E-state index in [0.29, 0.717) is 24.5 Å². The summed E-state index contributed by atoms with van der Waals surface area (Å²) in [5, 5.41) is 19.1. The van der Waals surface area contributed by atoms with Gasteiger partial charge >= 0.3 is 0 Å². The number of nitrogens with zero attached hydrogens (tertiary/aromatic N) is 4. The minimum Gasteiger partial charge on any atom is -0.383 e. The number of carbonyl (C=O) groups excluding carboxylic acids is 1. The molecule has 3 heterocycles. The lowest BCUT2D eigenvalue weighted by atomic mass is 9.88. The highest BCUT2D eigenvalue weighted by Crippen LogP contribution is 2.39. The first-order chi connectivity index (χ1) is 17.1. The molecule has 5 rings (SSSR count). The number of carbonyl (C=O) groups is 1. The van der Waals surface area contributed by atoms with Crippen LogP contribution in [0.15, 0.2) is 73.2 Å². The summed E-state index contributed by atoms with van der Waals surface area (Å²) in [5.41, 5.74) is 5.46. The summed E-state index contributed by atoms with van der Waals surface area (Å²) in [4.78, 5) is 23.2. The molecule has 1 amide bonds. The van der Waals surface area contributed by atoms with E-state index in [1.807, 2.05) is 60.7 Å². The summed E-state index contributed by atoms with van der Waals surface area (Å²) >= 11 is 6.09. The zero-order valence-corrected chi connectivity index (χ0v) is 19.9. The van der Waals surface area contributed by atoms with Crippen molar-refractivity contribution in [3.63, 3.8) is 0 Å². The maximum atomic E-state index is 12.9. The van der Waals surface area contributed by atoms with Crippen LogP contribution in [0.1, 0.15) is 30.0 Å². The third-order valence-corrected chi connectivity index (χ3v) is 6.77. The molecule has 2 N–H and O–H groups in total. The Balaban J connectivity index is 1.34. The number of amides is 1. The molecule has 178 valence electrons. The van der Waals surface area contributed by atoms with Gasteiger partial charge in [-0.25, -0.2) is 9.97 Å². The number of aromatic amines is 1. The molecule has 2 aromatic heterocycles. The molecule has 1 aliphatic heterocycles. The van der Waals surface area contributed by atoms with Gasteiger partial charge in [0, 0.05) is 53.5 Å². The number of aromatic nitrogens is 4. The van der Waals surface area contributed by atoms with Crippen molar-refractivity contribution in [1.82, 2.24) is 25.1 Å². The molecular formula is C27H26ClN5O2. The lowest BCUT2D eigenvalue weighted by Gasteiger charge is -2.33. The molecule has 1 unspecified atom stereocenters. The van der Waals surface area contributed by atoms with Gasteiger partial charge in [-0.3, -0.25) is 9.89 Å². The number of benzene rings is 2. The standard InChI is InChI=1S/C27H26ClN5O2/c28-21-8-6-19(7-9-21)25-24(22-10-13-29-17-30-22)26(32-31-25)20-11-14-33(15-12-20)27(35)23(34)16-18-4-2-1-3-5-18/h1-10,13,17,20,23,34H,11-12,14-16H2,(H,31,32). The van der Waals surface area contributed by atoms with Gasteiger partial charge in [0.25, 0.3) is 5.91 Å². The molecular weight excluding hydrogens is 462 g/mol. The van der Waals surface area contributed by atoms with E-state index >= 15 is 0 Å². The molecule has 35 heavy (non-hydrogen) atoms. The fraction of sp³-hybridized carbons (Fsp3) is 0.259. The second-order valence-electron chi connectivity index (χ2n) is 8.77. The molecule has 2 aromatic carbocycles. The first kappa shape index (κ1) is 23.2. The van der Waals surface area contributed by atoms with E-state index < -0.39 is 6.10 Å². The third kappa shape index (κ3) is 5.11. The number of piperidine rings is 1. The molecule has 0 spiro atoms. The number of nitrogens with one attached hydrogen (secondary N) is 1. The topological polar surface area (TPSA) is 95.0 Å². The van der Waals surface area contributed by atoms with Crippen LogP contribution < -0.4 is 0 Å². The van der Waals surface area contributed by atoms with Crippen LogP contribution in [0.5, 0.6) is 0 Å². The lowest BCUT2D eigenvalue weighted by molar-refractivity contribution is -0.141. The molecule has 1 fully saturated rings. The number of hydrogen-bond donors (Lipinski definition) is 2. The molecule has 1 saturated heterocycles. The quantitative estimate of drug-likeness (QED) is 0.417. The van der Waals surface area contributed by atoms with Crippen LogP contribution in [0.25, 0.3) is 22.5 Å². The fourth-order valence-corrected chi connectivity index (χ4v) is 4.82. The third-order valence-electron chi connectivity index (χ3n) is 6.52. The number of H-pyrrole nitrogens is 1. The van der Waals surface area contributed by atoms with Gasteiger partial charge in [0.05, 0.1) is 5.69 Å². The van der Waals surface area contributed by atoms with Gasteiger partial charge in [-0.2, -0.15) is 5.10 Å². The predicted octanol–water partition coefficient (Wildman–Crippen LogP) is 4.50. The van der Waals surface area contributed by atoms with Crippen LogP contribution in [0, 0.1) is 0 Å². The molecule has 1 aliphatic rings. The molecule has 0 radical (unpaired) electrons. The Morgan fingerprint density at radius 1 is 1.09 bits per heavy atom. The molecule has 1 atom stereocenters. The van der Waals surface area contributed by atoms with E-state index in [1.54, 1.807) is 11.1 Å². The maximum absolute atomic E-state index is 12.9. The van der Waals surface area contributed by atoms with Gasteiger partial charge in [0.15, 0.2) is 0 Å². The Labute approximate surface area is 208 Å². The van der Waals surface area contributed by atoms with Gasteiger partial charge in [0.1, 0.15) is 18.1 Å². The van der Waals surface area contributed by atoms with Crippen LogP contribution in [0.3, 0.4) is 0 Å². The Kier molecular flexibility index (Phi) is 6.88. The molecule has 7 nitrogen and oxygen atoms in total. The Hall–Kier alpha value is -3.55. The molecule has 4 aromatic rings. The van der Waals surface area contributed by atoms with Crippen molar-refractivity contribution < 1.29 is 9.90 Å². The Morgan fingerprint density at radius 3 is 2.51 bits per heavy atom. The Morgan fingerprint density at radius 2 is 1.83 bits per heavy atom. The van der Waals surface area contributed by atoms with Crippen LogP contribution in [0.2, 0.25) is 5.02 Å². The van der Waals surface area contributed by atoms with E-state index in [1.165, 1.54) is 6.33 Å². The van der Waals surface area contributed by atoms with Crippen LogP contribution in [-0.4, -0.2) is 55.3 Å². The minimum absolute atomic E-state index is 0.184. The highest BCUT2D eigenvalue weighted by Gasteiger charge is 2.31. The summed E-state index contributed by atoms with van der Waals surface area (Å²) in [6, 6.07) is 19.1. The second-order valence-corrected chi connectivity index (χ2v) is 9.20. The van der Waals surface area contributed by atoms with Crippen molar-refractivity contribution in [3.05, 3.63) is 89.5 Å². The van der Waals surface area contributed by atoms with Crippen molar-refractivity contribution >= 4 is 17.5 Å². The van der Waals surface area contributed by atoms with E-state index in [-0.39, 0.29) is 11.8 Å². The van der Waals surface area contributed by atoms with Gasteiger partial charge in [-0.15, -0.1) is 0 Å². The van der Waals surface area contributed by atoms with E-state index in [2.05, 4.69) is 20.2 Å². The predicted molar refractivity (Wildman–Crippen MR) is 135 cm³/mol. The number of rotatable bonds is 6. The highest BCUT2D eigenvalue weighted by atomic mass is 35.5. The summed E-state index contributed by atoms with van der Waals surface area (Å²) in [5.74, 6) is -0.0291. The van der Waals surface area contributed by atoms with Gasteiger partial charge in [-0.1, -0.05) is 54.1 Å². The van der Waals surface area contributed by atoms with Gasteiger partial charge in [-0.05, 0) is 36.6 Å². The zero-order valence-electron chi connectivity index (χ0n) is 19.1. The maximum Gasteiger partial charge on any atom is 0.251 e. The molecule has 0 bridgehead atoms. The fourth-order valence-electron chi connectivity index (χ4n) is 4.69. The van der Waals surface area contributed by atoms with Crippen molar-refractivity contribution in [1.29, 1.82) is 0 Å². The highest BCUT2D eigenvalue weighted by molar-refractivity contribution is 6.30. The monoisotopic (exact) mass is 487 g/mol. The molecule has 0 saturated carbocycles. The van der Waals surface area contributed by atoms with Gasteiger partial charge in [0.2, 0.25) is 0 Å². The summed E-state index contributed by atoms with van der Waals surface area (Å²) in [6.45, 7) is 1.15. The summed E-state index contributed by atoms with van der Waals surface area (Å²) in [7, 11) is 0. The van der Waals surface area contributed by atoms with E-state index in [9.17, 15) is 9.90 Å². The van der Waals surface area contributed by atoms with Crippen LogP contribution in [0.4, 0.5) is 0 Å². The number of aliphatic hydroxyl groups is 1. The largest absolute Gasteiger partial charge is 0.383 e. The average molecular weight is 488 g/mol. The first-order valence-corrected chi connectivity index (χ1v) is 12.1. The normalized spacial score (nSPS) is 15.2. The van der Waals surface area contributed by atoms with Crippen molar-refractivity contribution in [2.75, 3.05) is 13.1 Å². The average Bonchev–Trinajstić information content (AvgIpc) is 3.35. The lowest BCUT2D eigenvalue weighted by Crippen LogP contribution is -2.44. The second kappa shape index (κ2) is 10.4. The number of halogens is 1. The summed E-state index contributed by atoms with van der Waals surface area (Å²) < 4.78 is 0. The first-order valence-electron chi connectivity index (χ1n) is 11.7. The van der Waals surface area contributed by atoms with Crippen molar-refractivity contribution in [2.45, 2.75) is 31.3 Å². The van der Waals surface area contributed by atoms with E-state index in [4.69, 9.17) is 11.6 Å². The number of likely N-dealkylation sites (tertiary alicyclic amines) is 1. The smallest absolute Gasteiger partial charge is 0.251 e. The van der Waals surface area contributed by atoms with Crippen molar-refractivity contribution in [2.24, 2.45) is 0 Å². The SMILES string of the molecule is O=C(C(O)Cc1ccccc1)N1CCC(c2[nH]nc(-c3ccc(Cl)cc3)c2-c2ccncn2)CC1.